The molecule has 0 atom stereocenters. The number of thioether (sulfide) groups is 1. The molecule has 0 spiro atoms. The lowest BCUT2D eigenvalue weighted by Crippen LogP contribution is -2.20. The van der Waals surface area contributed by atoms with Crippen LogP contribution < -0.4 is 10.9 Å². The van der Waals surface area contributed by atoms with Crippen molar-refractivity contribution in [1.82, 2.24) is 15.0 Å². The van der Waals surface area contributed by atoms with Gasteiger partial charge in [0.05, 0.1) is 11.4 Å². The monoisotopic (exact) mass is 468 g/mol. The van der Waals surface area contributed by atoms with Crippen molar-refractivity contribution < 1.29 is 4.79 Å². The second-order valence-electron chi connectivity index (χ2n) is 6.59. The van der Waals surface area contributed by atoms with Crippen LogP contribution in [-0.2, 0) is 5.75 Å². The summed E-state index contributed by atoms with van der Waals surface area (Å²) >= 11 is 9.02. The van der Waals surface area contributed by atoms with Gasteiger partial charge in [0.25, 0.3) is 11.5 Å². The highest BCUT2D eigenvalue weighted by Gasteiger charge is 2.12. The van der Waals surface area contributed by atoms with Crippen molar-refractivity contribution >= 4 is 46.3 Å². The Morgan fingerprint density at radius 3 is 2.52 bits per heavy atom. The first-order valence-electron chi connectivity index (χ1n) is 9.24. The van der Waals surface area contributed by atoms with Gasteiger partial charge in [-0.15, -0.1) is 11.3 Å². The maximum atomic E-state index is 12.5. The summed E-state index contributed by atoms with van der Waals surface area (Å²) in [5, 5.41) is 6.37. The molecule has 31 heavy (non-hydrogen) atoms. The highest BCUT2D eigenvalue weighted by molar-refractivity contribution is 7.97. The molecule has 156 valence electrons. The lowest BCUT2D eigenvalue weighted by molar-refractivity contribution is 0.102. The van der Waals surface area contributed by atoms with Crippen LogP contribution in [-0.4, -0.2) is 27.1 Å². The van der Waals surface area contributed by atoms with Crippen LogP contribution in [0.1, 0.15) is 16.3 Å². The average Bonchev–Trinajstić information content (AvgIpc) is 3.25. The van der Waals surface area contributed by atoms with Crippen molar-refractivity contribution in [1.29, 1.82) is 0 Å². The van der Waals surface area contributed by atoms with E-state index in [1.54, 1.807) is 23.5 Å². The van der Waals surface area contributed by atoms with E-state index in [4.69, 9.17) is 16.6 Å². The van der Waals surface area contributed by atoms with Gasteiger partial charge in [0.15, 0.2) is 0 Å². The Bertz CT molecular complexity index is 1270. The van der Waals surface area contributed by atoms with Gasteiger partial charge >= 0.3 is 0 Å². The van der Waals surface area contributed by atoms with Crippen LogP contribution in [0.15, 0.2) is 64.8 Å². The summed E-state index contributed by atoms with van der Waals surface area (Å²) < 4.78 is 0. The van der Waals surface area contributed by atoms with E-state index in [1.165, 1.54) is 17.8 Å². The highest BCUT2D eigenvalue weighted by atomic mass is 35.5. The fourth-order valence-electron chi connectivity index (χ4n) is 2.88. The van der Waals surface area contributed by atoms with Gasteiger partial charge in [-0.2, -0.15) is 11.8 Å². The van der Waals surface area contributed by atoms with Crippen LogP contribution >= 0.6 is 34.7 Å². The van der Waals surface area contributed by atoms with Gasteiger partial charge < -0.3 is 10.3 Å². The molecule has 4 aromatic rings. The molecule has 0 bridgehead atoms. The number of rotatable bonds is 6. The second kappa shape index (κ2) is 9.47. The number of H-pyrrole nitrogens is 1. The molecule has 0 aliphatic carbocycles. The molecular formula is C22H17ClN4O2S2. The number of hydrogen-bond donors (Lipinski definition) is 2. The molecule has 0 fully saturated rings. The Morgan fingerprint density at radius 1 is 1.10 bits per heavy atom. The van der Waals surface area contributed by atoms with Gasteiger partial charge in [-0.25, -0.2) is 9.97 Å². The summed E-state index contributed by atoms with van der Waals surface area (Å²) in [6, 6.07) is 16.1. The maximum Gasteiger partial charge on any atom is 0.274 e. The van der Waals surface area contributed by atoms with Crippen LogP contribution in [0.3, 0.4) is 0 Å². The zero-order chi connectivity index (χ0) is 21.8. The summed E-state index contributed by atoms with van der Waals surface area (Å²) in [5.74, 6) is 0.567. The number of aromatic amines is 1. The van der Waals surface area contributed by atoms with E-state index >= 15 is 0 Å². The number of anilines is 1. The summed E-state index contributed by atoms with van der Waals surface area (Å²) in [6.45, 7) is 0. The van der Waals surface area contributed by atoms with Gasteiger partial charge in [-0.05, 0) is 30.5 Å². The number of benzene rings is 2. The summed E-state index contributed by atoms with van der Waals surface area (Å²) in [4.78, 5) is 35.8. The average molecular weight is 469 g/mol. The normalized spacial score (nSPS) is 10.8. The number of amides is 1. The van der Waals surface area contributed by atoms with E-state index in [0.717, 1.165) is 21.8 Å². The molecule has 4 rings (SSSR count). The molecule has 0 saturated heterocycles. The first-order chi connectivity index (χ1) is 15.0. The third-order valence-corrected chi connectivity index (χ3v) is 6.04. The number of carbonyl (C=O) groups is 1. The number of thiazole rings is 1. The van der Waals surface area contributed by atoms with E-state index in [-0.39, 0.29) is 11.3 Å². The van der Waals surface area contributed by atoms with E-state index in [1.807, 2.05) is 48.0 Å². The van der Waals surface area contributed by atoms with Gasteiger partial charge in [0, 0.05) is 33.3 Å². The number of hydrogen-bond acceptors (Lipinski definition) is 6. The second-order valence-corrected chi connectivity index (χ2v) is 8.75. The van der Waals surface area contributed by atoms with Crippen LogP contribution in [0, 0.1) is 0 Å². The lowest BCUT2D eigenvalue weighted by Gasteiger charge is -2.06. The predicted octanol–water partition coefficient (Wildman–Crippen LogP) is 5.33. The minimum atomic E-state index is -0.431. The fourth-order valence-corrected chi connectivity index (χ4v) is 4.25. The van der Waals surface area contributed by atoms with E-state index in [9.17, 15) is 9.59 Å². The van der Waals surface area contributed by atoms with Gasteiger partial charge in [-0.3, -0.25) is 9.59 Å². The Morgan fingerprint density at radius 2 is 1.81 bits per heavy atom. The van der Waals surface area contributed by atoms with Crippen LogP contribution in [0.25, 0.3) is 21.8 Å². The molecule has 9 heteroatoms. The Kier molecular flexibility index (Phi) is 6.50. The van der Waals surface area contributed by atoms with E-state index in [0.29, 0.717) is 22.3 Å². The van der Waals surface area contributed by atoms with Crippen molar-refractivity contribution in [3.8, 4) is 21.8 Å². The highest BCUT2D eigenvalue weighted by Crippen LogP contribution is 2.30. The largest absolute Gasteiger partial charge is 0.321 e. The molecule has 6 nitrogen and oxygen atoms in total. The summed E-state index contributed by atoms with van der Waals surface area (Å²) in [7, 11) is 0. The standard InChI is InChI=1S/C22H17ClN4O2S2/c1-30-12-19-25-17(10-20(28)27-19)21(29)24-16-8-4-13(5-9-16)18-11-31-22(26-18)14-2-6-15(23)7-3-14/h2-11H,12H2,1H3,(H,24,29)(H,25,27,28). The Hall–Kier alpha value is -2.94. The molecule has 2 heterocycles. The maximum absolute atomic E-state index is 12.5. The Labute approximate surface area is 191 Å². The van der Waals surface area contributed by atoms with Gasteiger partial charge in [0.2, 0.25) is 0 Å². The number of carbonyl (C=O) groups excluding carboxylic acids is 1. The molecule has 0 radical (unpaired) electrons. The predicted molar refractivity (Wildman–Crippen MR) is 128 cm³/mol. The molecule has 2 aromatic heterocycles. The van der Waals surface area contributed by atoms with Crippen molar-refractivity contribution in [2.24, 2.45) is 0 Å². The molecule has 2 aromatic carbocycles. The quantitative estimate of drug-likeness (QED) is 0.399. The molecular weight excluding hydrogens is 452 g/mol. The molecule has 0 aliphatic heterocycles. The van der Waals surface area contributed by atoms with Crippen molar-refractivity contribution in [2.75, 3.05) is 11.6 Å². The SMILES string of the molecule is CSCc1nc(C(=O)Nc2ccc(-c3csc(-c4ccc(Cl)cc4)n3)cc2)cc(=O)[nH]1. The minimum Gasteiger partial charge on any atom is -0.321 e. The molecule has 0 saturated carbocycles. The number of halogens is 1. The smallest absolute Gasteiger partial charge is 0.274 e. The third kappa shape index (κ3) is 5.22. The molecule has 2 N–H and O–H groups in total. The van der Waals surface area contributed by atoms with Crippen LogP contribution in [0.4, 0.5) is 5.69 Å². The minimum absolute atomic E-state index is 0.0870. The number of nitrogens with one attached hydrogen (secondary N) is 2. The first kappa shape index (κ1) is 21.3. The van der Waals surface area contributed by atoms with Gasteiger partial charge in [-0.1, -0.05) is 35.9 Å². The lowest BCUT2D eigenvalue weighted by atomic mass is 10.1. The van der Waals surface area contributed by atoms with E-state index < -0.39 is 5.91 Å². The van der Waals surface area contributed by atoms with Crippen molar-refractivity contribution in [3.05, 3.63) is 86.9 Å². The molecule has 0 unspecified atom stereocenters. The molecule has 1 amide bonds. The summed E-state index contributed by atoms with van der Waals surface area (Å²) in [5.41, 5.74) is 3.14. The van der Waals surface area contributed by atoms with Crippen LogP contribution in [0.2, 0.25) is 5.02 Å². The van der Waals surface area contributed by atoms with Crippen molar-refractivity contribution in [2.45, 2.75) is 5.75 Å². The fraction of sp³-hybridized carbons (Fsp3) is 0.0909. The number of aromatic nitrogens is 3. The first-order valence-corrected chi connectivity index (χ1v) is 11.9. The zero-order valence-corrected chi connectivity index (χ0v) is 18.8. The molecule has 0 aliphatic rings. The summed E-state index contributed by atoms with van der Waals surface area (Å²) in [6.07, 6.45) is 1.90. The topological polar surface area (TPSA) is 87.7 Å². The van der Waals surface area contributed by atoms with Gasteiger partial charge in [0.1, 0.15) is 16.5 Å². The zero-order valence-electron chi connectivity index (χ0n) is 16.4. The van der Waals surface area contributed by atoms with Crippen molar-refractivity contribution in [3.63, 3.8) is 0 Å². The van der Waals surface area contributed by atoms with E-state index in [2.05, 4.69) is 15.3 Å². The van der Waals surface area contributed by atoms with Crippen LogP contribution in [0.5, 0.6) is 0 Å². The Balaban J connectivity index is 1.48. The third-order valence-electron chi connectivity index (χ3n) is 4.34. The number of nitrogens with zero attached hydrogens (tertiary/aromatic N) is 2.